The maximum atomic E-state index is 15.1. The summed E-state index contributed by atoms with van der Waals surface area (Å²) in [6.07, 6.45) is 1.65. The normalized spacial score (nSPS) is 15.1. The van der Waals surface area contributed by atoms with E-state index in [0.29, 0.717) is 267 Å². The van der Waals surface area contributed by atoms with Crippen molar-refractivity contribution in [3.63, 3.8) is 0 Å². The molecule has 32 nitrogen and oxygen atoms in total. The molecule has 133 heavy (non-hydrogen) atoms. The average Bonchev–Trinajstić information content (AvgIpc) is 0.693. The quantitative estimate of drug-likeness (QED) is 0.0148. The van der Waals surface area contributed by atoms with Crippen LogP contribution >= 0.6 is 0 Å². The maximum Gasteiger partial charge on any atom is 0.261 e. The van der Waals surface area contributed by atoms with Gasteiger partial charge in [-0.3, -0.25) is 58.0 Å². The van der Waals surface area contributed by atoms with E-state index in [1.807, 2.05) is 76.2 Å². The molecule has 0 saturated carbocycles. The highest BCUT2D eigenvalue weighted by molar-refractivity contribution is 6.43. The van der Waals surface area contributed by atoms with Crippen LogP contribution in [0.2, 0.25) is 0 Å². The predicted molar refractivity (Wildman–Crippen MR) is 497 cm³/mol. The maximum absolute atomic E-state index is 15.1. The van der Waals surface area contributed by atoms with Gasteiger partial charge < -0.3 is 94.7 Å². The number of carbonyl (C=O) groups excluding carboxylic acids is 8. The summed E-state index contributed by atoms with van der Waals surface area (Å²) in [6, 6.07) is 27.4. The summed E-state index contributed by atoms with van der Waals surface area (Å²) < 4.78 is 113. The number of rotatable bonds is 66. The van der Waals surface area contributed by atoms with Crippen LogP contribution in [0.15, 0.2) is 97.1 Å². The second kappa shape index (κ2) is 49.4. The first kappa shape index (κ1) is 99.5. The Labute approximate surface area is 773 Å². The number of methoxy groups -OCH3 is 4. The summed E-state index contributed by atoms with van der Waals surface area (Å²) in [6.45, 7) is 18.2. The molecular weight excluding hydrogens is 1720 g/mol. The summed E-state index contributed by atoms with van der Waals surface area (Å²) in [5.74, 6) is -3.66. The second-order valence-corrected chi connectivity index (χ2v) is 33.6. The van der Waals surface area contributed by atoms with Gasteiger partial charge in [0.1, 0.15) is 0 Å². The summed E-state index contributed by atoms with van der Waals surface area (Å²) >= 11 is 0. The van der Waals surface area contributed by atoms with E-state index in [-0.39, 0.29) is 90.4 Å². The fourth-order valence-electron chi connectivity index (χ4n) is 18.0. The van der Waals surface area contributed by atoms with Gasteiger partial charge in [-0.15, -0.1) is 0 Å². The van der Waals surface area contributed by atoms with Crippen molar-refractivity contribution in [2.24, 2.45) is 0 Å². The fraction of sp³-hybridized carbons (Fsp3) is 0.525. The number of imide groups is 4. The van der Waals surface area contributed by atoms with Crippen LogP contribution in [0.1, 0.15) is 143 Å². The monoisotopic (exact) mass is 1840 g/mol. The first-order valence-electron chi connectivity index (χ1n) is 46.2. The first-order valence-corrected chi connectivity index (χ1v) is 46.2. The van der Waals surface area contributed by atoms with Gasteiger partial charge in [-0.1, -0.05) is 67.8 Å². The van der Waals surface area contributed by atoms with Crippen molar-refractivity contribution in [2.75, 3.05) is 253 Å². The van der Waals surface area contributed by atoms with E-state index in [4.69, 9.17) is 94.7 Å². The van der Waals surface area contributed by atoms with Crippen molar-refractivity contribution in [2.45, 2.75) is 96.3 Å². The highest BCUT2D eigenvalue weighted by Crippen LogP contribution is 2.49. The standard InChI is InChI=1S/C101H124N4O28/c1-64(130-52-48-122-44-40-118-36-32-114-5)56-126-60-68(61-127-57-65(2)131-53-49-123-45-41-119-37-33-115-6)104-98(110)82-26-18-74-70-14-22-78-90-79(23-15-71(86(70)90)75-19-27-83(99(104)111)92(82)88(74)75)95(107)102(94(78)106)30-12-10-9-11-13-31-103-96(108)80-24-16-72-76-20-28-84-93-85(29-21-77(89(76)93)73-17-25-81(97(103)109)91(80)87(72)73)101(113)105(100(84)112)69(62-128-58-66(3)132-54-50-124-46-42-120-38-34-116-7)63-129-59-67(4)133-55-51-125-47-43-121-39-35-117-8/h14-29,64-69H,9-13,30-63H2,1-8H3/t64-,65-,66-,67-/m0/s1. The smallest absolute Gasteiger partial charge is 0.261 e. The molecule has 0 aromatic heterocycles. The molecule has 0 fully saturated rings. The molecule has 0 radical (unpaired) electrons. The molecule has 8 amide bonds. The molecule has 14 rings (SSSR count). The highest BCUT2D eigenvalue weighted by Gasteiger charge is 2.43. The topological polar surface area (TPSA) is 334 Å². The molecule has 0 N–H and O–H groups in total. The molecule has 4 heterocycles. The van der Waals surface area contributed by atoms with Crippen molar-refractivity contribution in [3.05, 3.63) is 142 Å². The van der Waals surface area contributed by atoms with Gasteiger partial charge in [0.15, 0.2) is 0 Å². The van der Waals surface area contributed by atoms with Gasteiger partial charge >= 0.3 is 0 Å². The number of amides is 8. The Bertz CT molecular complexity index is 5000. The van der Waals surface area contributed by atoms with Gasteiger partial charge in [0, 0.05) is 108 Å². The largest absolute Gasteiger partial charge is 0.382 e. The number of nitrogens with zero attached hydrogens (tertiary/aromatic N) is 4. The highest BCUT2D eigenvalue weighted by atomic mass is 16.6. The van der Waals surface area contributed by atoms with Crippen LogP contribution < -0.4 is 0 Å². The van der Waals surface area contributed by atoms with Crippen LogP contribution in [0.25, 0.3) is 86.2 Å². The third-order valence-corrected chi connectivity index (χ3v) is 24.4. The summed E-state index contributed by atoms with van der Waals surface area (Å²) in [5, 5.41) is 11.1. The predicted octanol–water partition coefficient (Wildman–Crippen LogP) is 12.0. The SMILES string of the molecule is COCCOCCOCCO[C@@H](C)COCC(COC[C@H](C)OCCOCCOCCOC)N1C(=O)c2ccc3c4ccc5c6c(ccc(c7ccc(c2c37)C1=O)c64)C(=O)N(CCCCCCCN1C(=O)c2ccc3c4ccc6c7c(ccc(c8ccc(c2c38)C1=O)c74)C(=O)N(C(COC[C@H](C)OCCOCCOCCOC)COC[C@H](C)OCCOCCOCCOC)C6=O)C5=O. The van der Waals surface area contributed by atoms with Crippen LogP contribution in [-0.4, -0.2) is 356 Å². The minimum Gasteiger partial charge on any atom is -0.382 e. The molecule has 0 saturated heterocycles. The Morgan fingerprint density at radius 3 is 0.586 bits per heavy atom. The van der Waals surface area contributed by atoms with E-state index < -0.39 is 59.3 Å². The van der Waals surface area contributed by atoms with Crippen molar-refractivity contribution in [1.29, 1.82) is 0 Å². The molecule has 10 aromatic rings. The fourth-order valence-corrected chi connectivity index (χ4v) is 18.0. The number of benzene rings is 10. The van der Waals surface area contributed by atoms with Crippen molar-refractivity contribution in [1.82, 2.24) is 19.6 Å². The Hall–Kier alpha value is -9.44. The number of hydrogen-bond acceptors (Lipinski definition) is 28. The van der Waals surface area contributed by atoms with Crippen molar-refractivity contribution >= 4 is 133 Å². The number of unbranched alkanes of at least 4 members (excludes halogenated alkanes) is 4. The van der Waals surface area contributed by atoms with Crippen LogP contribution in [0.4, 0.5) is 0 Å². The second-order valence-electron chi connectivity index (χ2n) is 33.6. The Morgan fingerprint density at radius 1 is 0.203 bits per heavy atom. The van der Waals surface area contributed by atoms with E-state index >= 15 is 19.2 Å². The molecule has 716 valence electrons. The van der Waals surface area contributed by atoms with E-state index in [2.05, 4.69) is 0 Å². The molecule has 0 spiro atoms. The van der Waals surface area contributed by atoms with Crippen molar-refractivity contribution in [3.8, 4) is 0 Å². The minimum absolute atomic E-state index is 0.0525. The Balaban J connectivity index is 0.594. The molecule has 0 bridgehead atoms. The molecule has 4 aliphatic rings. The number of hydrogen-bond donors (Lipinski definition) is 0. The molecular formula is C101H124N4O28. The van der Waals surface area contributed by atoms with Gasteiger partial charge in [0.25, 0.3) is 47.3 Å². The lowest BCUT2D eigenvalue weighted by Gasteiger charge is -2.34. The molecule has 0 unspecified atom stereocenters. The lowest BCUT2D eigenvalue weighted by molar-refractivity contribution is -0.0610. The van der Waals surface area contributed by atoms with Gasteiger partial charge in [-0.25, -0.2) is 0 Å². The molecule has 10 aromatic carbocycles. The third-order valence-electron chi connectivity index (χ3n) is 24.4. The van der Waals surface area contributed by atoms with Gasteiger partial charge in [0.2, 0.25) is 0 Å². The molecule has 4 atom stereocenters. The van der Waals surface area contributed by atoms with Crippen LogP contribution in [-0.2, 0) is 94.7 Å². The lowest BCUT2D eigenvalue weighted by atomic mass is 9.82. The van der Waals surface area contributed by atoms with Gasteiger partial charge in [-0.2, -0.15) is 0 Å². The molecule has 4 aliphatic heterocycles. The lowest BCUT2D eigenvalue weighted by Crippen LogP contribution is -2.51. The first-order chi connectivity index (χ1) is 65.0. The number of fused-ring (bicyclic) bond motifs is 4. The zero-order valence-corrected chi connectivity index (χ0v) is 77.5. The van der Waals surface area contributed by atoms with Crippen molar-refractivity contribution < 1.29 is 133 Å². The van der Waals surface area contributed by atoms with Crippen LogP contribution in [0, 0.1) is 0 Å². The Morgan fingerprint density at radius 2 is 0.383 bits per heavy atom. The van der Waals surface area contributed by atoms with Gasteiger partial charge in [0.05, 0.1) is 248 Å². The third kappa shape index (κ3) is 23.3. The summed E-state index contributed by atoms with van der Waals surface area (Å²) in [5.41, 5.74) is 2.90. The zero-order valence-electron chi connectivity index (χ0n) is 77.5. The summed E-state index contributed by atoms with van der Waals surface area (Å²) in [4.78, 5) is 124. The summed E-state index contributed by atoms with van der Waals surface area (Å²) in [7, 11) is 6.46. The molecule has 32 heteroatoms. The van der Waals surface area contributed by atoms with Crippen LogP contribution in [0.5, 0.6) is 0 Å². The van der Waals surface area contributed by atoms with Gasteiger partial charge in [-0.05, 0) is 154 Å². The van der Waals surface area contributed by atoms with Crippen LogP contribution in [0.3, 0.4) is 0 Å². The Kier molecular flexibility index (Phi) is 36.9. The van der Waals surface area contributed by atoms with E-state index in [1.165, 1.54) is 19.6 Å². The zero-order chi connectivity index (χ0) is 93.3. The number of ether oxygens (including phenoxy) is 20. The minimum atomic E-state index is -0.857. The average molecular weight is 1840 g/mol. The van der Waals surface area contributed by atoms with E-state index in [9.17, 15) is 19.2 Å². The molecule has 0 aliphatic carbocycles. The van der Waals surface area contributed by atoms with E-state index in [1.54, 1.807) is 77.0 Å². The van der Waals surface area contributed by atoms with E-state index in [0.717, 1.165) is 53.9 Å². The number of carbonyl (C=O) groups is 8.